The first-order valence-corrected chi connectivity index (χ1v) is 8.17. The van der Waals surface area contributed by atoms with Crippen LogP contribution in [-0.4, -0.2) is 16.1 Å². The van der Waals surface area contributed by atoms with Gasteiger partial charge in [-0.2, -0.15) is 0 Å². The molecule has 6 heteroatoms. The van der Waals surface area contributed by atoms with E-state index in [0.717, 1.165) is 10.8 Å². The summed E-state index contributed by atoms with van der Waals surface area (Å²) in [5.74, 6) is 1.69. The maximum Gasteiger partial charge on any atom is 0.261 e. The molecule has 0 bridgehead atoms. The lowest BCUT2D eigenvalue weighted by Crippen LogP contribution is -2.11. The number of aromatic nitrogens is 2. The molecule has 1 N–H and O–H groups in total. The second kappa shape index (κ2) is 5.97. The third-order valence-corrected chi connectivity index (χ3v) is 4.90. The van der Waals surface area contributed by atoms with Crippen LogP contribution in [0.4, 0.5) is 5.13 Å². The minimum Gasteiger partial charge on any atom is -0.466 e. The first-order valence-electron chi connectivity index (χ1n) is 7.35. The van der Waals surface area contributed by atoms with Crippen LogP contribution in [0.1, 0.15) is 64.9 Å². The highest BCUT2D eigenvalue weighted by Crippen LogP contribution is 2.35. The van der Waals surface area contributed by atoms with E-state index in [2.05, 4.69) is 15.5 Å². The summed E-state index contributed by atoms with van der Waals surface area (Å²) in [6.07, 6.45) is 6.21. The Bertz CT molecular complexity index is 641. The first kappa shape index (κ1) is 14.3. The summed E-state index contributed by atoms with van der Waals surface area (Å²) in [4.78, 5) is 12.2. The van der Waals surface area contributed by atoms with Crippen molar-refractivity contribution in [2.45, 2.75) is 51.9 Å². The molecule has 1 aliphatic rings. The third-order valence-electron chi connectivity index (χ3n) is 3.90. The van der Waals surface area contributed by atoms with E-state index in [0.29, 0.717) is 22.4 Å². The van der Waals surface area contributed by atoms with Gasteiger partial charge in [0.05, 0.1) is 5.56 Å². The minimum atomic E-state index is -0.185. The van der Waals surface area contributed by atoms with E-state index < -0.39 is 0 Å². The molecule has 2 aromatic heterocycles. The van der Waals surface area contributed by atoms with Crippen LogP contribution in [0.3, 0.4) is 0 Å². The number of furan rings is 1. The standard InChI is InChI=1S/C15H19N3O2S/c1-9-8-12(10(2)20-9)13(19)16-15-18-17-14(21-15)11-6-4-3-5-7-11/h8,11H,3-7H2,1-2H3,(H,16,18,19). The SMILES string of the molecule is Cc1cc(C(=O)Nc2nnc(C3CCCCC3)s2)c(C)o1. The van der Waals surface area contributed by atoms with Gasteiger partial charge in [-0.25, -0.2) is 0 Å². The quantitative estimate of drug-likeness (QED) is 0.929. The van der Waals surface area contributed by atoms with Gasteiger partial charge >= 0.3 is 0 Å². The number of nitrogens with one attached hydrogen (secondary N) is 1. The summed E-state index contributed by atoms with van der Waals surface area (Å²) in [6, 6.07) is 1.74. The first-order chi connectivity index (χ1) is 10.1. The lowest BCUT2D eigenvalue weighted by atomic mass is 9.90. The number of carbonyl (C=O) groups excluding carboxylic acids is 1. The van der Waals surface area contributed by atoms with E-state index in [1.807, 2.05) is 6.92 Å². The number of amides is 1. The molecule has 0 unspecified atom stereocenters. The Balaban J connectivity index is 1.69. The van der Waals surface area contributed by atoms with Crippen molar-refractivity contribution in [2.75, 3.05) is 5.32 Å². The molecule has 0 radical (unpaired) electrons. The highest BCUT2D eigenvalue weighted by Gasteiger charge is 2.21. The number of anilines is 1. The van der Waals surface area contributed by atoms with Crippen molar-refractivity contribution >= 4 is 22.4 Å². The fourth-order valence-electron chi connectivity index (χ4n) is 2.82. The Morgan fingerprint density at radius 2 is 2.05 bits per heavy atom. The molecule has 0 saturated heterocycles. The van der Waals surface area contributed by atoms with E-state index in [9.17, 15) is 4.79 Å². The molecule has 0 aromatic carbocycles. The second-order valence-electron chi connectivity index (χ2n) is 5.56. The molecule has 0 atom stereocenters. The number of hydrogen-bond acceptors (Lipinski definition) is 5. The number of nitrogens with zero attached hydrogens (tertiary/aromatic N) is 2. The average Bonchev–Trinajstić information content (AvgIpc) is 3.06. The van der Waals surface area contributed by atoms with E-state index in [4.69, 9.17) is 4.42 Å². The molecule has 2 heterocycles. The molecular weight excluding hydrogens is 286 g/mol. The number of hydrogen-bond donors (Lipinski definition) is 1. The largest absolute Gasteiger partial charge is 0.466 e. The van der Waals surface area contributed by atoms with Gasteiger partial charge < -0.3 is 4.42 Å². The number of rotatable bonds is 3. The van der Waals surface area contributed by atoms with Crippen LogP contribution in [0.5, 0.6) is 0 Å². The van der Waals surface area contributed by atoms with Crippen molar-refractivity contribution in [1.82, 2.24) is 10.2 Å². The monoisotopic (exact) mass is 305 g/mol. The number of carbonyl (C=O) groups is 1. The molecule has 1 aliphatic carbocycles. The van der Waals surface area contributed by atoms with Gasteiger partial charge in [0.1, 0.15) is 16.5 Å². The van der Waals surface area contributed by atoms with Gasteiger partial charge in [0.25, 0.3) is 5.91 Å². The molecule has 1 fully saturated rings. The predicted octanol–water partition coefficient (Wildman–Crippen LogP) is 4.05. The number of aryl methyl sites for hydroxylation is 2. The predicted molar refractivity (Wildman–Crippen MR) is 81.9 cm³/mol. The average molecular weight is 305 g/mol. The van der Waals surface area contributed by atoms with Gasteiger partial charge in [-0.1, -0.05) is 30.6 Å². The van der Waals surface area contributed by atoms with Crippen molar-refractivity contribution in [3.05, 3.63) is 28.2 Å². The van der Waals surface area contributed by atoms with E-state index >= 15 is 0 Å². The van der Waals surface area contributed by atoms with Gasteiger partial charge in [-0.3, -0.25) is 10.1 Å². The van der Waals surface area contributed by atoms with Gasteiger partial charge in [-0.15, -0.1) is 10.2 Å². The summed E-state index contributed by atoms with van der Waals surface area (Å²) < 4.78 is 5.38. The summed E-state index contributed by atoms with van der Waals surface area (Å²) in [7, 11) is 0. The van der Waals surface area contributed by atoms with Crippen molar-refractivity contribution in [2.24, 2.45) is 0 Å². The summed E-state index contributed by atoms with van der Waals surface area (Å²) in [5.41, 5.74) is 0.557. The Morgan fingerprint density at radius 3 is 2.71 bits per heavy atom. The lowest BCUT2D eigenvalue weighted by Gasteiger charge is -2.18. The molecule has 3 rings (SSSR count). The maximum atomic E-state index is 12.2. The topological polar surface area (TPSA) is 68.0 Å². The highest BCUT2D eigenvalue weighted by atomic mass is 32.1. The lowest BCUT2D eigenvalue weighted by molar-refractivity contribution is 0.102. The normalized spacial score (nSPS) is 16.1. The van der Waals surface area contributed by atoms with Gasteiger partial charge in [0.15, 0.2) is 0 Å². The molecule has 112 valence electrons. The smallest absolute Gasteiger partial charge is 0.261 e. The van der Waals surface area contributed by atoms with Crippen LogP contribution < -0.4 is 5.32 Å². The minimum absolute atomic E-state index is 0.185. The van der Waals surface area contributed by atoms with Gasteiger partial charge in [0, 0.05) is 5.92 Å². The van der Waals surface area contributed by atoms with Crippen LogP contribution in [-0.2, 0) is 0 Å². The molecule has 0 spiro atoms. The van der Waals surface area contributed by atoms with Crippen molar-refractivity contribution < 1.29 is 9.21 Å². The molecule has 0 aliphatic heterocycles. The van der Waals surface area contributed by atoms with E-state index in [1.54, 1.807) is 13.0 Å². The van der Waals surface area contributed by atoms with Crippen LogP contribution in [0.15, 0.2) is 10.5 Å². The Kier molecular flexibility index (Phi) is 4.05. The zero-order valence-electron chi connectivity index (χ0n) is 12.3. The third kappa shape index (κ3) is 3.15. The van der Waals surface area contributed by atoms with Gasteiger partial charge in [-0.05, 0) is 32.8 Å². The second-order valence-corrected chi connectivity index (χ2v) is 6.57. The van der Waals surface area contributed by atoms with E-state index in [-0.39, 0.29) is 5.91 Å². The summed E-state index contributed by atoms with van der Waals surface area (Å²) >= 11 is 1.49. The fourth-order valence-corrected chi connectivity index (χ4v) is 3.73. The van der Waals surface area contributed by atoms with E-state index in [1.165, 1.54) is 43.4 Å². The Morgan fingerprint density at radius 1 is 1.29 bits per heavy atom. The Hall–Kier alpha value is -1.69. The molecule has 21 heavy (non-hydrogen) atoms. The Labute approximate surface area is 127 Å². The summed E-state index contributed by atoms with van der Waals surface area (Å²) in [5, 5.41) is 12.8. The molecule has 5 nitrogen and oxygen atoms in total. The van der Waals surface area contributed by atoms with Crippen molar-refractivity contribution in [3.8, 4) is 0 Å². The van der Waals surface area contributed by atoms with Crippen molar-refractivity contribution in [1.29, 1.82) is 0 Å². The van der Waals surface area contributed by atoms with Crippen LogP contribution in [0.25, 0.3) is 0 Å². The highest BCUT2D eigenvalue weighted by molar-refractivity contribution is 7.15. The van der Waals surface area contributed by atoms with Crippen LogP contribution >= 0.6 is 11.3 Å². The molecular formula is C15H19N3O2S. The van der Waals surface area contributed by atoms with Crippen molar-refractivity contribution in [3.63, 3.8) is 0 Å². The molecule has 1 saturated carbocycles. The molecule has 2 aromatic rings. The van der Waals surface area contributed by atoms with Gasteiger partial charge in [0.2, 0.25) is 5.13 Å². The molecule has 1 amide bonds. The maximum absolute atomic E-state index is 12.2. The fraction of sp³-hybridized carbons (Fsp3) is 0.533. The zero-order chi connectivity index (χ0) is 14.8. The summed E-state index contributed by atoms with van der Waals surface area (Å²) in [6.45, 7) is 3.62. The van der Waals surface area contributed by atoms with Crippen LogP contribution in [0.2, 0.25) is 0 Å². The zero-order valence-corrected chi connectivity index (χ0v) is 13.1. The van der Waals surface area contributed by atoms with Crippen LogP contribution in [0, 0.1) is 13.8 Å².